The van der Waals surface area contributed by atoms with Crippen LogP contribution in [-0.2, 0) is 9.47 Å². The van der Waals surface area contributed by atoms with Crippen molar-refractivity contribution in [3.8, 4) is 0 Å². The molecule has 1 rings (SSSR count). The molecule has 6 nitrogen and oxygen atoms in total. The first-order valence-electron chi connectivity index (χ1n) is 7.94. The second-order valence-electron chi connectivity index (χ2n) is 7.85. The molecule has 0 bridgehead atoms. The summed E-state index contributed by atoms with van der Waals surface area (Å²) >= 11 is 0. The van der Waals surface area contributed by atoms with Gasteiger partial charge in [0.15, 0.2) is 0 Å². The van der Waals surface area contributed by atoms with Crippen LogP contribution in [0.3, 0.4) is 0 Å². The monoisotopic (exact) mass is 314 g/mol. The molecule has 0 aliphatic heterocycles. The van der Waals surface area contributed by atoms with Gasteiger partial charge in [0.2, 0.25) is 0 Å². The van der Waals surface area contributed by atoms with Crippen molar-refractivity contribution < 1.29 is 19.1 Å². The van der Waals surface area contributed by atoms with Gasteiger partial charge in [0.1, 0.15) is 11.2 Å². The maximum Gasteiger partial charge on any atom is 0.407 e. The first kappa shape index (κ1) is 18.6. The molecule has 0 aromatic carbocycles. The maximum atomic E-state index is 11.8. The Kier molecular flexibility index (Phi) is 6.08. The summed E-state index contributed by atoms with van der Waals surface area (Å²) in [6.07, 6.45) is 2.61. The SMILES string of the molecule is CC(C)(C)OC(=O)N[C@@H]1CCC[C@@H](NC(=O)OC(C)(C)C)C1. The topological polar surface area (TPSA) is 76.7 Å². The minimum atomic E-state index is -0.507. The molecule has 1 saturated carbocycles. The molecule has 0 spiro atoms. The molecule has 0 aromatic heterocycles. The van der Waals surface area contributed by atoms with Crippen molar-refractivity contribution in [1.82, 2.24) is 10.6 Å². The molecule has 2 atom stereocenters. The summed E-state index contributed by atoms with van der Waals surface area (Å²) in [6, 6.07) is 0.0343. The van der Waals surface area contributed by atoms with Gasteiger partial charge in [-0.3, -0.25) is 0 Å². The lowest BCUT2D eigenvalue weighted by atomic mass is 9.91. The number of alkyl carbamates (subject to hydrolysis) is 2. The normalized spacial score (nSPS) is 22.6. The Morgan fingerprint density at radius 1 is 0.818 bits per heavy atom. The number of hydrogen-bond acceptors (Lipinski definition) is 4. The Morgan fingerprint density at radius 2 is 1.18 bits per heavy atom. The van der Waals surface area contributed by atoms with Gasteiger partial charge in [-0.15, -0.1) is 0 Å². The molecule has 2 amide bonds. The molecular formula is C16H30N2O4. The summed E-state index contributed by atoms with van der Waals surface area (Å²) in [5.74, 6) is 0. The van der Waals surface area contributed by atoms with E-state index in [4.69, 9.17) is 9.47 Å². The van der Waals surface area contributed by atoms with Crippen LogP contribution in [0.25, 0.3) is 0 Å². The first-order valence-corrected chi connectivity index (χ1v) is 7.94. The second-order valence-corrected chi connectivity index (χ2v) is 7.85. The molecular weight excluding hydrogens is 284 g/mol. The zero-order chi connectivity index (χ0) is 17.0. The molecule has 0 aromatic rings. The van der Waals surface area contributed by atoms with Crippen LogP contribution in [0.2, 0.25) is 0 Å². The minimum absolute atomic E-state index is 0.0172. The summed E-state index contributed by atoms with van der Waals surface area (Å²) in [7, 11) is 0. The summed E-state index contributed by atoms with van der Waals surface area (Å²) in [6.45, 7) is 11.0. The molecule has 22 heavy (non-hydrogen) atoms. The lowest BCUT2D eigenvalue weighted by Gasteiger charge is -2.31. The van der Waals surface area contributed by atoms with Crippen LogP contribution in [0.1, 0.15) is 67.2 Å². The van der Waals surface area contributed by atoms with Crippen LogP contribution in [-0.4, -0.2) is 35.5 Å². The maximum absolute atomic E-state index is 11.8. The number of rotatable bonds is 2. The molecule has 1 fully saturated rings. The number of ether oxygens (including phenoxy) is 2. The van der Waals surface area contributed by atoms with Crippen molar-refractivity contribution in [2.75, 3.05) is 0 Å². The Morgan fingerprint density at radius 3 is 1.50 bits per heavy atom. The van der Waals surface area contributed by atoms with E-state index in [-0.39, 0.29) is 12.1 Å². The first-order chi connectivity index (χ1) is 9.94. The number of hydrogen-bond donors (Lipinski definition) is 2. The fourth-order valence-corrected chi connectivity index (χ4v) is 2.40. The van der Waals surface area contributed by atoms with Crippen molar-refractivity contribution in [2.45, 2.75) is 90.5 Å². The van der Waals surface area contributed by atoms with Crippen molar-refractivity contribution in [3.05, 3.63) is 0 Å². The lowest BCUT2D eigenvalue weighted by Crippen LogP contribution is -2.47. The lowest BCUT2D eigenvalue weighted by molar-refractivity contribution is 0.0463. The van der Waals surface area contributed by atoms with E-state index in [9.17, 15) is 9.59 Å². The molecule has 0 unspecified atom stereocenters. The number of nitrogens with one attached hydrogen (secondary N) is 2. The molecule has 0 heterocycles. The average Bonchev–Trinajstić information content (AvgIpc) is 2.22. The summed E-state index contributed by atoms with van der Waals surface area (Å²) in [5, 5.41) is 5.75. The third kappa shape index (κ3) is 8.10. The predicted molar refractivity (Wildman–Crippen MR) is 84.8 cm³/mol. The van der Waals surface area contributed by atoms with E-state index in [0.717, 1.165) is 19.3 Å². The number of carbonyl (C=O) groups excluding carboxylic acids is 2. The fourth-order valence-electron chi connectivity index (χ4n) is 2.40. The van der Waals surface area contributed by atoms with Gasteiger partial charge in [0.05, 0.1) is 0 Å². The molecule has 0 saturated heterocycles. The van der Waals surface area contributed by atoms with E-state index in [1.54, 1.807) is 0 Å². The molecule has 1 aliphatic carbocycles. The third-order valence-electron chi connectivity index (χ3n) is 3.12. The van der Waals surface area contributed by atoms with Crippen LogP contribution in [0.4, 0.5) is 9.59 Å². The van der Waals surface area contributed by atoms with Gasteiger partial charge in [-0.2, -0.15) is 0 Å². The van der Waals surface area contributed by atoms with Crippen molar-refractivity contribution in [3.63, 3.8) is 0 Å². The van der Waals surface area contributed by atoms with E-state index < -0.39 is 23.4 Å². The molecule has 0 radical (unpaired) electrons. The Hall–Kier alpha value is -1.46. The quantitative estimate of drug-likeness (QED) is 0.819. The smallest absolute Gasteiger partial charge is 0.407 e. The molecule has 128 valence electrons. The highest BCUT2D eigenvalue weighted by molar-refractivity contribution is 5.69. The highest BCUT2D eigenvalue weighted by Crippen LogP contribution is 2.20. The molecule has 6 heteroatoms. The highest BCUT2D eigenvalue weighted by Gasteiger charge is 2.27. The van der Waals surface area contributed by atoms with Crippen LogP contribution in [0.15, 0.2) is 0 Å². The van der Waals surface area contributed by atoms with E-state index >= 15 is 0 Å². The van der Waals surface area contributed by atoms with Gasteiger partial charge >= 0.3 is 12.2 Å². The van der Waals surface area contributed by atoms with Gasteiger partial charge in [-0.25, -0.2) is 9.59 Å². The predicted octanol–water partition coefficient (Wildman–Crippen LogP) is 3.35. The van der Waals surface area contributed by atoms with Gasteiger partial charge in [0.25, 0.3) is 0 Å². The van der Waals surface area contributed by atoms with Crippen molar-refractivity contribution in [2.24, 2.45) is 0 Å². The van der Waals surface area contributed by atoms with E-state index in [2.05, 4.69) is 10.6 Å². The third-order valence-corrected chi connectivity index (χ3v) is 3.12. The Balaban J connectivity index is 2.41. The largest absolute Gasteiger partial charge is 0.444 e. The Bertz CT molecular complexity index is 360. The summed E-state index contributed by atoms with van der Waals surface area (Å²) < 4.78 is 10.5. The summed E-state index contributed by atoms with van der Waals surface area (Å²) in [4.78, 5) is 23.6. The van der Waals surface area contributed by atoms with E-state index in [1.165, 1.54) is 0 Å². The highest BCUT2D eigenvalue weighted by atomic mass is 16.6. The number of carbonyl (C=O) groups is 2. The molecule has 2 N–H and O–H groups in total. The van der Waals surface area contributed by atoms with Gasteiger partial charge in [-0.1, -0.05) is 0 Å². The van der Waals surface area contributed by atoms with Gasteiger partial charge < -0.3 is 20.1 Å². The zero-order valence-corrected chi connectivity index (χ0v) is 14.6. The van der Waals surface area contributed by atoms with E-state index in [1.807, 2.05) is 41.5 Å². The van der Waals surface area contributed by atoms with Crippen LogP contribution < -0.4 is 10.6 Å². The van der Waals surface area contributed by atoms with Gasteiger partial charge in [-0.05, 0) is 67.2 Å². The van der Waals surface area contributed by atoms with E-state index in [0.29, 0.717) is 6.42 Å². The zero-order valence-electron chi connectivity index (χ0n) is 14.6. The fraction of sp³-hybridized carbons (Fsp3) is 0.875. The standard InChI is InChI=1S/C16H30N2O4/c1-15(2,3)21-13(19)17-11-8-7-9-12(10-11)18-14(20)22-16(4,5)6/h11-12H,7-10H2,1-6H3,(H,17,19)(H,18,20)/t11-,12-/m1/s1. The second kappa shape index (κ2) is 7.20. The van der Waals surface area contributed by atoms with Crippen LogP contribution in [0.5, 0.6) is 0 Å². The number of amides is 2. The summed E-state index contributed by atoms with van der Waals surface area (Å²) in [5.41, 5.74) is -1.01. The minimum Gasteiger partial charge on any atom is -0.444 e. The van der Waals surface area contributed by atoms with Crippen LogP contribution in [0, 0.1) is 0 Å². The van der Waals surface area contributed by atoms with Crippen LogP contribution >= 0.6 is 0 Å². The average molecular weight is 314 g/mol. The van der Waals surface area contributed by atoms with Crippen molar-refractivity contribution >= 4 is 12.2 Å². The Labute approximate surface area is 133 Å². The van der Waals surface area contributed by atoms with Gasteiger partial charge in [0, 0.05) is 12.1 Å². The van der Waals surface area contributed by atoms with Crippen molar-refractivity contribution in [1.29, 1.82) is 0 Å². The molecule has 1 aliphatic rings.